The molecule has 0 radical (unpaired) electrons. The van der Waals surface area contributed by atoms with Gasteiger partial charge < -0.3 is 0 Å². The highest BCUT2D eigenvalue weighted by molar-refractivity contribution is 6.05. The number of rotatable bonds is 3. The van der Waals surface area contributed by atoms with Crippen molar-refractivity contribution in [3.63, 3.8) is 0 Å². The molecule has 0 saturated carbocycles. The van der Waals surface area contributed by atoms with Gasteiger partial charge in [-0.2, -0.15) is 22.0 Å². The summed E-state index contributed by atoms with van der Waals surface area (Å²) in [5, 5.41) is 0. The number of aryl methyl sites for hydroxylation is 1. The third-order valence-corrected chi connectivity index (χ3v) is 2.26. The Labute approximate surface area is 105 Å². The van der Waals surface area contributed by atoms with Gasteiger partial charge in [0.15, 0.2) is 0 Å². The van der Waals surface area contributed by atoms with Gasteiger partial charge >= 0.3 is 12.1 Å². The third kappa shape index (κ3) is 3.59. The molecule has 1 aromatic rings. The molecule has 0 bridgehead atoms. The Kier molecular flexibility index (Phi) is 3.79. The lowest BCUT2D eigenvalue weighted by Gasteiger charge is -2.11. The predicted octanol–water partition coefficient (Wildman–Crippen LogP) is 3.58. The predicted molar refractivity (Wildman–Crippen MR) is 56.5 cm³/mol. The first-order chi connectivity index (χ1) is 8.43. The van der Waals surface area contributed by atoms with Crippen molar-refractivity contribution in [2.24, 2.45) is 0 Å². The second-order valence-corrected chi connectivity index (χ2v) is 4.13. The first-order valence-corrected chi connectivity index (χ1v) is 5.09. The molecule has 0 atom stereocenters. The van der Waals surface area contributed by atoms with Crippen LogP contribution in [-0.2, 0) is 0 Å². The minimum atomic E-state index is -5.12. The quantitative estimate of drug-likeness (QED) is 0.626. The smallest absolute Gasteiger partial charge is 0.287 e. The summed E-state index contributed by atoms with van der Waals surface area (Å²) in [6.07, 6.45) is -5.12. The van der Waals surface area contributed by atoms with Gasteiger partial charge in [0.25, 0.3) is 5.78 Å². The van der Waals surface area contributed by atoms with E-state index in [1.165, 1.54) is 6.92 Å². The number of hydrogen-bond acceptors (Lipinski definition) is 2. The van der Waals surface area contributed by atoms with Crippen molar-refractivity contribution in [3.8, 4) is 0 Å². The van der Waals surface area contributed by atoms with Crippen LogP contribution in [0, 0.1) is 6.92 Å². The Balaban J connectivity index is 3.30. The Hall–Kier alpha value is -1.79. The first kappa shape index (κ1) is 15.3. The topological polar surface area (TPSA) is 34.1 Å². The van der Waals surface area contributed by atoms with Gasteiger partial charge in [-0.1, -0.05) is 0 Å². The average Bonchev–Trinajstić information content (AvgIpc) is 2.23. The van der Waals surface area contributed by atoms with Gasteiger partial charge in [-0.15, -0.1) is 0 Å². The fraction of sp³-hybridized carbons (Fsp3) is 0.333. The summed E-state index contributed by atoms with van der Waals surface area (Å²) >= 11 is 0. The first-order valence-electron chi connectivity index (χ1n) is 5.09. The normalized spacial score (nSPS) is 12.4. The molecule has 0 aliphatic heterocycles. The van der Waals surface area contributed by atoms with Crippen molar-refractivity contribution in [1.82, 2.24) is 0 Å². The Morgan fingerprint density at radius 3 is 1.68 bits per heavy atom. The monoisotopic (exact) mass is 280 g/mol. The largest absolute Gasteiger partial charge is 0.454 e. The standard InChI is InChI=1S/C12H9F5O2/c1-6-3-7(9(18)11(2,13)14)5-8(4-6)10(19)12(15,16)17/h3-5H,1-2H3. The van der Waals surface area contributed by atoms with E-state index < -0.39 is 34.8 Å². The zero-order valence-corrected chi connectivity index (χ0v) is 9.94. The summed E-state index contributed by atoms with van der Waals surface area (Å²) in [4.78, 5) is 22.3. The van der Waals surface area contributed by atoms with Crippen LogP contribution in [0.2, 0.25) is 0 Å². The van der Waals surface area contributed by atoms with Crippen molar-refractivity contribution in [2.45, 2.75) is 25.9 Å². The molecule has 0 N–H and O–H groups in total. The summed E-state index contributed by atoms with van der Waals surface area (Å²) < 4.78 is 62.4. The average molecular weight is 280 g/mol. The van der Waals surface area contributed by atoms with Crippen molar-refractivity contribution >= 4 is 11.6 Å². The van der Waals surface area contributed by atoms with Crippen LogP contribution in [0.1, 0.15) is 33.2 Å². The Morgan fingerprint density at radius 2 is 1.32 bits per heavy atom. The maximum Gasteiger partial charge on any atom is 0.454 e. The van der Waals surface area contributed by atoms with Gasteiger partial charge in [0.05, 0.1) is 0 Å². The molecule has 2 nitrogen and oxygen atoms in total. The number of halogens is 5. The van der Waals surface area contributed by atoms with Gasteiger partial charge in [0.1, 0.15) is 0 Å². The van der Waals surface area contributed by atoms with E-state index in [4.69, 9.17) is 0 Å². The van der Waals surface area contributed by atoms with Gasteiger partial charge in [0, 0.05) is 18.1 Å². The molecular formula is C12H9F5O2. The zero-order valence-electron chi connectivity index (χ0n) is 9.94. The second kappa shape index (κ2) is 4.71. The number of ketones is 2. The van der Waals surface area contributed by atoms with Crippen LogP contribution in [0.3, 0.4) is 0 Å². The van der Waals surface area contributed by atoms with E-state index in [2.05, 4.69) is 0 Å². The fourth-order valence-electron chi connectivity index (χ4n) is 1.46. The number of carbonyl (C=O) groups is 2. The molecule has 0 amide bonds. The van der Waals surface area contributed by atoms with Crippen LogP contribution in [0.15, 0.2) is 18.2 Å². The maximum absolute atomic E-state index is 12.8. The Morgan fingerprint density at radius 1 is 0.895 bits per heavy atom. The lowest BCUT2D eigenvalue weighted by molar-refractivity contribution is -0.0885. The van der Waals surface area contributed by atoms with E-state index in [-0.39, 0.29) is 5.56 Å². The molecule has 1 aromatic carbocycles. The minimum Gasteiger partial charge on any atom is -0.287 e. The van der Waals surface area contributed by atoms with Crippen molar-refractivity contribution in [2.75, 3.05) is 0 Å². The number of benzene rings is 1. The maximum atomic E-state index is 12.8. The third-order valence-electron chi connectivity index (χ3n) is 2.26. The molecule has 19 heavy (non-hydrogen) atoms. The van der Waals surface area contributed by atoms with Gasteiger partial charge in [-0.25, -0.2) is 0 Å². The van der Waals surface area contributed by atoms with E-state index in [1.807, 2.05) is 0 Å². The number of Topliss-reactive ketones (excluding diaryl/α,β-unsaturated/α-hetero) is 2. The SMILES string of the molecule is Cc1cc(C(=O)C(C)(F)F)cc(C(=O)C(F)(F)F)c1. The molecule has 0 aliphatic rings. The number of hydrogen-bond donors (Lipinski definition) is 0. The second-order valence-electron chi connectivity index (χ2n) is 4.13. The molecule has 0 fully saturated rings. The summed E-state index contributed by atoms with van der Waals surface area (Å²) in [6.45, 7) is 1.64. The summed E-state index contributed by atoms with van der Waals surface area (Å²) in [5.74, 6) is -7.52. The Bertz CT molecular complexity index is 482. The molecule has 1 rings (SSSR count). The van der Waals surface area contributed by atoms with E-state index in [9.17, 15) is 31.5 Å². The van der Waals surface area contributed by atoms with E-state index >= 15 is 0 Å². The van der Waals surface area contributed by atoms with E-state index in [1.54, 1.807) is 0 Å². The number of carbonyl (C=O) groups excluding carboxylic acids is 2. The highest BCUT2D eigenvalue weighted by atomic mass is 19.4. The van der Waals surface area contributed by atoms with Gasteiger partial charge in [-0.05, 0) is 30.7 Å². The molecule has 0 spiro atoms. The molecule has 0 saturated heterocycles. The van der Waals surface area contributed by atoms with Crippen LogP contribution < -0.4 is 0 Å². The summed E-state index contributed by atoms with van der Waals surface area (Å²) in [5.41, 5.74) is -1.34. The fourth-order valence-corrected chi connectivity index (χ4v) is 1.46. The van der Waals surface area contributed by atoms with E-state index in [0.29, 0.717) is 13.0 Å². The van der Waals surface area contributed by atoms with Crippen LogP contribution in [-0.4, -0.2) is 23.7 Å². The minimum absolute atomic E-state index is 0.114. The molecule has 104 valence electrons. The van der Waals surface area contributed by atoms with Crippen molar-refractivity contribution in [1.29, 1.82) is 0 Å². The summed E-state index contributed by atoms with van der Waals surface area (Å²) in [6, 6.07) is 2.43. The molecule has 0 unspecified atom stereocenters. The van der Waals surface area contributed by atoms with Crippen LogP contribution in [0.25, 0.3) is 0 Å². The molecule has 7 heteroatoms. The number of alkyl halides is 5. The van der Waals surface area contributed by atoms with Crippen molar-refractivity contribution < 1.29 is 31.5 Å². The lowest BCUT2D eigenvalue weighted by atomic mass is 9.98. The van der Waals surface area contributed by atoms with Gasteiger partial charge in [0.2, 0.25) is 5.78 Å². The molecule has 0 heterocycles. The highest BCUT2D eigenvalue weighted by Gasteiger charge is 2.40. The molecule has 0 aliphatic carbocycles. The zero-order chi connectivity index (χ0) is 15.0. The van der Waals surface area contributed by atoms with Crippen LogP contribution >= 0.6 is 0 Å². The highest BCUT2D eigenvalue weighted by Crippen LogP contribution is 2.25. The lowest BCUT2D eigenvalue weighted by Crippen LogP contribution is -2.26. The molecule has 0 aromatic heterocycles. The van der Waals surface area contributed by atoms with Crippen LogP contribution in [0.5, 0.6) is 0 Å². The van der Waals surface area contributed by atoms with Crippen molar-refractivity contribution in [3.05, 3.63) is 34.9 Å². The molecular weight excluding hydrogens is 271 g/mol. The summed E-state index contributed by atoms with van der Waals surface area (Å²) in [7, 11) is 0. The van der Waals surface area contributed by atoms with Crippen LogP contribution in [0.4, 0.5) is 22.0 Å². The van der Waals surface area contributed by atoms with Gasteiger partial charge in [-0.3, -0.25) is 9.59 Å². The van der Waals surface area contributed by atoms with E-state index in [0.717, 1.165) is 12.1 Å².